The number of fused-ring (bicyclic) bond motifs is 1. The average Bonchev–Trinajstić information content (AvgIpc) is 3.03. The molecule has 1 amide bonds. The molecule has 0 unspecified atom stereocenters. The van der Waals surface area contributed by atoms with Crippen molar-refractivity contribution >= 4 is 17.6 Å². The van der Waals surface area contributed by atoms with Gasteiger partial charge < -0.3 is 10.2 Å². The highest BCUT2D eigenvalue weighted by Crippen LogP contribution is 2.43. The minimum Gasteiger partial charge on any atom is -0.443 e. The number of benzene rings is 1. The summed E-state index contributed by atoms with van der Waals surface area (Å²) in [6.07, 6.45) is 5.68. The fourth-order valence-corrected chi connectivity index (χ4v) is 4.22. The van der Waals surface area contributed by atoms with Gasteiger partial charge in [-0.25, -0.2) is 4.79 Å². The van der Waals surface area contributed by atoms with Crippen LogP contribution in [0.3, 0.4) is 0 Å². The van der Waals surface area contributed by atoms with Gasteiger partial charge in [0.25, 0.3) is 0 Å². The van der Waals surface area contributed by atoms with Crippen LogP contribution in [-0.2, 0) is 21.4 Å². The van der Waals surface area contributed by atoms with E-state index < -0.39 is 5.60 Å². The quantitative estimate of drug-likeness (QED) is 0.800. The fourth-order valence-electron chi connectivity index (χ4n) is 4.22. The monoisotopic (exact) mass is 361 g/mol. The third kappa shape index (κ3) is 3.78. The molecule has 2 aliphatic rings. The Morgan fingerprint density at radius 2 is 1.77 bits per heavy atom. The lowest BCUT2D eigenvalue weighted by atomic mass is 9.75. The van der Waals surface area contributed by atoms with Crippen molar-refractivity contribution in [2.24, 2.45) is 0 Å². The number of amides is 1. The molecule has 1 aromatic carbocycles. The molecule has 0 atom stereocenters. The van der Waals surface area contributed by atoms with Crippen LogP contribution in [0, 0.1) is 0 Å². The van der Waals surface area contributed by atoms with Crippen molar-refractivity contribution < 1.29 is 19.8 Å². The fraction of sp³-hybridized carbons (Fsp3) is 0.619. The van der Waals surface area contributed by atoms with E-state index in [9.17, 15) is 9.59 Å². The van der Waals surface area contributed by atoms with Crippen molar-refractivity contribution in [2.45, 2.75) is 77.2 Å². The Bertz CT molecular complexity index is 684. The van der Waals surface area contributed by atoms with Crippen LogP contribution in [0.4, 0.5) is 10.5 Å². The molecule has 0 aromatic heterocycles. The van der Waals surface area contributed by atoms with Crippen LogP contribution in [0.2, 0.25) is 0 Å². The maximum Gasteiger partial charge on any atom is 0.414 e. The molecule has 2 N–H and O–H groups in total. The van der Waals surface area contributed by atoms with Crippen LogP contribution in [0.25, 0.3) is 0 Å². The van der Waals surface area contributed by atoms with Gasteiger partial charge in [0.15, 0.2) is 0 Å². The molecule has 0 saturated heterocycles. The van der Waals surface area contributed by atoms with Crippen LogP contribution >= 0.6 is 0 Å². The van der Waals surface area contributed by atoms with Crippen LogP contribution in [0.15, 0.2) is 18.2 Å². The van der Waals surface area contributed by atoms with E-state index in [0.717, 1.165) is 55.3 Å². The zero-order valence-corrected chi connectivity index (χ0v) is 16.4. The molecule has 1 fully saturated rings. The van der Waals surface area contributed by atoms with Crippen LogP contribution in [-0.4, -0.2) is 29.5 Å². The number of nitrogens with zero attached hydrogens (tertiary/aromatic N) is 1. The smallest absolute Gasteiger partial charge is 0.414 e. The van der Waals surface area contributed by atoms with E-state index in [2.05, 4.69) is 6.07 Å². The summed E-state index contributed by atoms with van der Waals surface area (Å²) in [5.41, 5.74) is 2.39. The molecule has 1 aliphatic heterocycles. The van der Waals surface area contributed by atoms with E-state index in [1.165, 1.54) is 0 Å². The predicted molar refractivity (Wildman–Crippen MR) is 103 cm³/mol. The zero-order valence-electron chi connectivity index (χ0n) is 16.4. The first-order valence-corrected chi connectivity index (χ1v) is 9.38. The van der Waals surface area contributed by atoms with Gasteiger partial charge in [-0.05, 0) is 70.6 Å². The van der Waals surface area contributed by atoms with Gasteiger partial charge in [0.2, 0.25) is 0 Å². The molecule has 1 aliphatic carbocycles. The molecule has 0 bridgehead atoms. The topological polar surface area (TPSA) is 78.1 Å². The minimum atomic E-state index is -0.503. The summed E-state index contributed by atoms with van der Waals surface area (Å²) in [6, 6.07) is 6.23. The Morgan fingerprint density at radius 1 is 1.12 bits per heavy atom. The number of ketones is 1. The molecule has 0 radical (unpaired) electrons. The first-order chi connectivity index (χ1) is 11.7. The Balaban J connectivity index is 0.00000243. The minimum absolute atomic E-state index is 0. The highest BCUT2D eigenvalue weighted by molar-refractivity contribution is 5.91. The van der Waals surface area contributed by atoms with Crippen molar-refractivity contribution in [1.82, 2.24) is 0 Å². The number of carbonyl (C=O) groups is 2. The molecule has 1 saturated carbocycles. The highest BCUT2D eigenvalue weighted by Gasteiger charge is 2.40. The second-order valence-corrected chi connectivity index (χ2v) is 8.42. The van der Waals surface area contributed by atoms with Gasteiger partial charge in [-0.2, -0.15) is 0 Å². The lowest BCUT2D eigenvalue weighted by Crippen LogP contribution is -2.40. The molecule has 0 spiro atoms. The molecule has 1 heterocycles. The summed E-state index contributed by atoms with van der Waals surface area (Å²) in [6.45, 7) is 8.05. The first-order valence-electron chi connectivity index (χ1n) is 9.38. The molecule has 5 heteroatoms. The van der Waals surface area contributed by atoms with Crippen molar-refractivity contribution in [2.75, 3.05) is 11.4 Å². The Hall–Kier alpha value is -1.88. The number of rotatable bonds is 2. The third-order valence-electron chi connectivity index (χ3n) is 5.50. The third-order valence-corrected chi connectivity index (χ3v) is 5.50. The Labute approximate surface area is 156 Å². The molecule has 5 nitrogen and oxygen atoms in total. The van der Waals surface area contributed by atoms with Gasteiger partial charge in [-0.3, -0.25) is 9.69 Å². The summed E-state index contributed by atoms with van der Waals surface area (Å²) in [5, 5.41) is 0. The SMILES string of the molecule is CC(=O)C1(c2ccc3c(c2)CCCN3C(=O)OC(C)(C)C)CCCC1.O. The largest absolute Gasteiger partial charge is 0.443 e. The number of carbonyl (C=O) groups excluding carboxylic acids is 2. The maximum absolute atomic E-state index is 12.5. The van der Waals surface area contributed by atoms with E-state index in [4.69, 9.17) is 4.74 Å². The summed E-state index contributed by atoms with van der Waals surface area (Å²) in [4.78, 5) is 26.7. The maximum atomic E-state index is 12.5. The second-order valence-electron chi connectivity index (χ2n) is 8.42. The normalized spacial score (nSPS) is 18.7. The van der Waals surface area contributed by atoms with E-state index in [0.29, 0.717) is 6.54 Å². The number of ether oxygens (including phenoxy) is 1. The van der Waals surface area contributed by atoms with Crippen molar-refractivity contribution in [3.05, 3.63) is 29.3 Å². The zero-order chi connectivity index (χ0) is 18.2. The summed E-state index contributed by atoms with van der Waals surface area (Å²) in [7, 11) is 0. The van der Waals surface area contributed by atoms with Gasteiger partial charge in [-0.15, -0.1) is 0 Å². The van der Waals surface area contributed by atoms with Gasteiger partial charge in [0.05, 0.1) is 11.1 Å². The predicted octanol–water partition coefficient (Wildman–Crippen LogP) is 3.95. The number of aryl methyl sites for hydroxylation is 1. The molecule has 1 aromatic rings. The van der Waals surface area contributed by atoms with E-state index >= 15 is 0 Å². The van der Waals surface area contributed by atoms with Crippen molar-refractivity contribution in [1.29, 1.82) is 0 Å². The van der Waals surface area contributed by atoms with Gasteiger partial charge >= 0.3 is 6.09 Å². The molecule has 26 heavy (non-hydrogen) atoms. The second kappa shape index (κ2) is 7.39. The lowest BCUT2D eigenvalue weighted by Gasteiger charge is -2.33. The molecular weight excluding hydrogens is 330 g/mol. The van der Waals surface area contributed by atoms with Crippen LogP contribution in [0.1, 0.15) is 70.9 Å². The van der Waals surface area contributed by atoms with Crippen molar-refractivity contribution in [3.63, 3.8) is 0 Å². The molecule has 144 valence electrons. The average molecular weight is 361 g/mol. The number of hydrogen-bond acceptors (Lipinski definition) is 3. The van der Waals surface area contributed by atoms with Crippen LogP contribution < -0.4 is 4.90 Å². The van der Waals surface area contributed by atoms with E-state index in [1.807, 2.05) is 32.9 Å². The van der Waals surface area contributed by atoms with Gasteiger partial charge in [-0.1, -0.05) is 25.0 Å². The number of hydrogen-bond donors (Lipinski definition) is 0. The standard InChI is InChI=1S/C21H29NO3.H2O/c1-15(23)21(11-5-6-12-21)17-9-10-18-16(14-17)8-7-13-22(18)19(24)25-20(2,3)4;/h9-10,14H,5-8,11-13H2,1-4H3;1H2. The van der Waals surface area contributed by atoms with Gasteiger partial charge in [0.1, 0.15) is 11.4 Å². The first kappa shape index (κ1) is 20.4. The molecular formula is C21H31NO4. The summed E-state index contributed by atoms with van der Waals surface area (Å²) in [5.74, 6) is 0.268. The molecule has 3 rings (SSSR count). The van der Waals surface area contributed by atoms with Gasteiger partial charge in [0, 0.05) is 6.54 Å². The van der Waals surface area contributed by atoms with E-state index in [1.54, 1.807) is 11.8 Å². The summed E-state index contributed by atoms with van der Waals surface area (Å²) < 4.78 is 5.56. The Morgan fingerprint density at radius 3 is 2.35 bits per heavy atom. The highest BCUT2D eigenvalue weighted by atomic mass is 16.6. The lowest BCUT2D eigenvalue weighted by molar-refractivity contribution is -0.122. The number of Topliss-reactive ketones (excluding diaryl/α,β-unsaturated/α-hetero) is 1. The van der Waals surface area contributed by atoms with E-state index in [-0.39, 0.29) is 22.8 Å². The van der Waals surface area contributed by atoms with Crippen LogP contribution in [0.5, 0.6) is 0 Å². The summed E-state index contributed by atoms with van der Waals surface area (Å²) >= 11 is 0. The Kier molecular flexibility index (Phi) is 5.81. The number of anilines is 1. The van der Waals surface area contributed by atoms with Crippen molar-refractivity contribution in [3.8, 4) is 0 Å².